The van der Waals surface area contributed by atoms with Crippen LogP contribution in [0.5, 0.6) is 5.75 Å². The van der Waals surface area contributed by atoms with Gasteiger partial charge < -0.3 is 20.7 Å². The van der Waals surface area contributed by atoms with Crippen molar-refractivity contribution in [2.24, 2.45) is 0 Å². The Morgan fingerprint density at radius 1 is 1.29 bits per heavy atom. The first-order chi connectivity index (χ1) is 10.1. The molecule has 1 heterocycles. The summed E-state index contributed by atoms with van der Waals surface area (Å²) >= 11 is 0. The average molecular weight is 296 g/mol. The number of nitrogens with zero attached hydrogens (tertiary/aromatic N) is 2. The summed E-state index contributed by atoms with van der Waals surface area (Å²) in [4.78, 5) is 4.74. The molecule has 6 heteroatoms. The molecule has 0 amide bonds. The molecule has 0 aromatic heterocycles. The van der Waals surface area contributed by atoms with Crippen LogP contribution in [0, 0.1) is 5.82 Å². The molecule has 1 aliphatic rings. The molecule has 1 aromatic carbocycles. The lowest BCUT2D eigenvalue weighted by Gasteiger charge is -2.32. The predicted octanol–water partition coefficient (Wildman–Crippen LogP) is 1.47. The van der Waals surface area contributed by atoms with E-state index >= 15 is 0 Å². The molecule has 3 N–H and O–H groups in total. The van der Waals surface area contributed by atoms with Crippen molar-refractivity contribution in [2.75, 3.05) is 64.0 Å². The van der Waals surface area contributed by atoms with Gasteiger partial charge in [-0.15, -0.1) is 0 Å². The summed E-state index contributed by atoms with van der Waals surface area (Å²) in [6.07, 6.45) is 0. The molecule has 5 nitrogen and oxygen atoms in total. The number of halogens is 1. The van der Waals surface area contributed by atoms with E-state index in [1.807, 2.05) is 6.92 Å². The topological polar surface area (TPSA) is 53.8 Å². The van der Waals surface area contributed by atoms with Crippen LogP contribution in [0.15, 0.2) is 12.1 Å². The minimum Gasteiger partial charge on any atom is -0.491 e. The van der Waals surface area contributed by atoms with Gasteiger partial charge in [-0.25, -0.2) is 4.39 Å². The molecular formula is C15H25FN4O. The average Bonchev–Trinajstić information content (AvgIpc) is 2.46. The molecule has 0 atom stereocenters. The highest BCUT2D eigenvalue weighted by Crippen LogP contribution is 2.28. The number of nitrogens with one attached hydrogen (secondary N) is 1. The molecule has 0 aliphatic carbocycles. The van der Waals surface area contributed by atoms with Gasteiger partial charge in [0.25, 0.3) is 0 Å². The Balaban J connectivity index is 1.86. The van der Waals surface area contributed by atoms with Gasteiger partial charge in [-0.1, -0.05) is 0 Å². The van der Waals surface area contributed by atoms with Gasteiger partial charge in [0.1, 0.15) is 0 Å². The third-order valence-electron chi connectivity index (χ3n) is 3.74. The summed E-state index contributed by atoms with van der Waals surface area (Å²) < 4.78 is 18.9. The monoisotopic (exact) mass is 296 g/mol. The van der Waals surface area contributed by atoms with Crippen LogP contribution >= 0.6 is 0 Å². The third-order valence-corrected chi connectivity index (χ3v) is 3.74. The fourth-order valence-electron chi connectivity index (χ4n) is 2.41. The number of benzene rings is 1. The van der Waals surface area contributed by atoms with E-state index in [9.17, 15) is 4.39 Å². The van der Waals surface area contributed by atoms with Crippen molar-refractivity contribution in [1.82, 2.24) is 9.80 Å². The van der Waals surface area contributed by atoms with Gasteiger partial charge in [0, 0.05) is 51.4 Å². The van der Waals surface area contributed by atoms with Crippen molar-refractivity contribution in [1.29, 1.82) is 0 Å². The Bertz CT molecular complexity index is 461. The molecule has 1 fully saturated rings. The Hall–Kier alpha value is -1.53. The number of piperazine rings is 1. The Morgan fingerprint density at radius 3 is 2.67 bits per heavy atom. The zero-order chi connectivity index (χ0) is 15.2. The number of nitrogen functional groups attached to an aromatic ring is 1. The van der Waals surface area contributed by atoms with Crippen molar-refractivity contribution < 1.29 is 9.13 Å². The van der Waals surface area contributed by atoms with Crippen LogP contribution in [0.1, 0.15) is 6.92 Å². The van der Waals surface area contributed by atoms with Crippen molar-refractivity contribution >= 4 is 11.4 Å². The second-order valence-electron chi connectivity index (χ2n) is 5.37. The standard InChI is InChI=1S/C15H25FN4O/c1-3-21-15-11-14(13(17)10-12(15)16)18-4-5-20-8-6-19(2)7-9-20/h10-11,18H,3-9,17H2,1-2H3. The number of ether oxygens (including phenoxy) is 1. The number of nitrogens with two attached hydrogens (primary N) is 1. The van der Waals surface area contributed by atoms with Crippen LogP contribution in [-0.4, -0.2) is 62.7 Å². The molecule has 0 spiro atoms. The summed E-state index contributed by atoms with van der Waals surface area (Å²) in [6.45, 7) is 8.38. The highest BCUT2D eigenvalue weighted by molar-refractivity contribution is 5.68. The van der Waals surface area contributed by atoms with E-state index in [1.54, 1.807) is 6.07 Å². The van der Waals surface area contributed by atoms with E-state index in [4.69, 9.17) is 10.5 Å². The van der Waals surface area contributed by atoms with Gasteiger partial charge in [-0.05, 0) is 14.0 Å². The van der Waals surface area contributed by atoms with E-state index in [2.05, 4.69) is 22.2 Å². The Kier molecular flexibility index (Phi) is 5.64. The summed E-state index contributed by atoms with van der Waals surface area (Å²) in [7, 11) is 2.14. The Labute approximate surface area is 125 Å². The van der Waals surface area contributed by atoms with Crippen molar-refractivity contribution in [2.45, 2.75) is 6.92 Å². The second kappa shape index (κ2) is 7.47. The molecule has 118 valence electrons. The zero-order valence-electron chi connectivity index (χ0n) is 12.9. The first-order valence-corrected chi connectivity index (χ1v) is 7.46. The van der Waals surface area contributed by atoms with Gasteiger partial charge in [0.05, 0.1) is 18.0 Å². The largest absolute Gasteiger partial charge is 0.491 e. The van der Waals surface area contributed by atoms with Crippen LogP contribution in [0.25, 0.3) is 0 Å². The maximum atomic E-state index is 13.6. The van der Waals surface area contributed by atoms with Crippen LogP contribution in [0.2, 0.25) is 0 Å². The highest BCUT2D eigenvalue weighted by atomic mass is 19.1. The second-order valence-corrected chi connectivity index (χ2v) is 5.37. The summed E-state index contributed by atoms with van der Waals surface area (Å²) in [6, 6.07) is 2.95. The summed E-state index contributed by atoms with van der Waals surface area (Å²) in [5.74, 6) is -0.173. The number of anilines is 2. The van der Waals surface area contributed by atoms with Crippen LogP contribution in [0.3, 0.4) is 0 Å². The van der Waals surface area contributed by atoms with Crippen LogP contribution in [0.4, 0.5) is 15.8 Å². The zero-order valence-corrected chi connectivity index (χ0v) is 12.9. The predicted molar refractivity (Wildman–Crippen MR) is 84.4 cm³/mol. The fraction of sp³-hybridized carbons (Fsp3) is 0.600. The van der Waals surface area contributed by atoms with E-state index in [1.165, 1.54) is 6.07 Å². The third kappa shape index (κ3) is 4.47. The molecule has 1 aromatic rings. The van der Waals surface area contributed by atoms with Gasteiger partial charge in [0.2, 0.25) is 0 Å². The molecule has 2 rings (SSSR count). The summed E-state index contributed by atoms with van der Waals surface area (Å²) in [5.41, 5.74) is 6.99. The van der Waals surface area contributed by atoms with Crippen molar-refractivity contribution in [3.05, 3.63) is 17.9 Å². The normalized spacial score (nSPS) is 16.9. The van der Waals surface area contributed by atoms with Crippen molar-refractivity contribution in [3.63, 3.8) is 0 Å². The number of likely N-dealkylation sites (N-methyl/N-ethyl adjacent to an activating group) is 1. The number of rotatable bonds is 6. The molecule has 0 radical (unpaired) electrons. The van der Waals surface area contributed by atoms with Crippen LogP contribution in [-0.2, 0) is 0 Å². The van der Waals surface area contributed by atoms with E-state index in [-0.39, 0.29) is 5.75 Å². The first-order valence-electron chi connectivity index (χ1n) is 7.46. The van der Waals surface area contributed by atoms with E-state index in [0.29, 0.717) is 12.3 Å². The maximum Gasteiger partial charge on any atom is 0.167 e. The lowest BCUT2D eigenvalue weighted by molar-refractivity contribution is 0.158. The van der Waals surface area contributed by atoms with Gasteiger partial charge in [0.15, 0.2) is 11.6 Å². The van der Waals surface area contributed by atoms with Crippen molar-refractivity contribution in [3.8, 4) is 5.75 Å². The lowest BCUT2D eigenvalue weighted by atomic mass is 10.2. The van der Waals surface area contributed by atoms with Gasteiger partial charge >= 0.3 is 0 Å². The van der Waals surface area contributed by atoms with Crippen LogP contribution < -0.4 is 15.8 Å². The quantitative estimate of drug-likeness (QED) is 0.779. The molecule has 0 bridgehead atoms. The minimum atomic E-state index is -0.418. The lowest BCUT2D eigenvalue weighted by Crippen LogP contribution is -2.45. The molecular weight excluding hydrogens is 271 g/mol. The first kappa shape index (κ1) is 15.9. The minimum absolute atomic E-state index is 0.244. The Morgan fingerprint density at radius 2 is 2.00 bits per heavy atom. The molecule has 1 aliphatic heterocycles. The van der Waals surface area contributed by atoms with E-state index in [0.717, 1.165) is 45.0 Å². The van der Waals surface area contributed by atoms with Gasteiger partial charge in [-0.3, -0.25) is 4.90 Å². The van der Waals surface area contributed by atoms with E-state index < -0.39 is 5.82 Å². The fourth-order valence-corrected chi connectivity index (χ4v) is 2.41. The van der Waals surface area contributed by atoms with Gasteiger partial charge in [-0.2, -0.15) is 0 Å². The summed E-state index contributed by atoms with van der Waals surface area (Å²) in [5, 5.41) is 3.27. The molecule has 0 saturated carbocycles. The number of hydrogen-bond acceptors (Lipinski definition) is 5. The maximum absolute atomic E-state index is 13.6. The molecule has 1 saturated heterocycles. The smallest absolute Gasteiger partial charge is 0.167 e. The molecule has 21 heavy (non-hydrogen) atoms. The SMILES string of the molecule is CCOc1cc(NCCN2CCN(C)CC2)c(N)cc1F. The molecule has 0 unspecified atom stereocenters. The highest BCUT2D eigenvalue weighted by Gasteiger charge is 2.13. The number of hydrogen-bond donors (Lipinski definition) is 2.